The van der Waals surface area contributed by atoms with Gasteiger partial charge in [-0.05, 0) is 64.0 Å². The molecule has 0 aliphatic heterocycles. The van der Waals surface area contributed by atoms with E-state index in [-0.39, 0.29) is 0 Å². The summed E-state index contributed by atoms with van der Waals surface area (Å²) in [5.41, 5.74) is 4.41. The van der Waals surface area contributed by atoms with Crippen LogP contribution in [0.2, 0.25) is 0 Å². The predicted molar refractivity (Wildman–Crippen MR) is 99.1 cm³/mol. The Hall–Kier alpha value is -1.44. The van der Waals surface area contributed by atoms with Gasteiger partial charge in [-0.1, -0.05) is 38.0 Å². The molecule has 1 rings (SSSR count). The monoisotopic (exact) mass is 300 g/mol. The molecule has 1 saturated carbocycles. The molecule has 22 heavy (non-hydrogen) atoms. The number of aliphatic imine (C=N–C) groups is 1. The Morgan fingerprint density at radius 3 is 2.36 bits per heavy atom. The van der Waals surface area contributed by atoms with E-state index in [1.165, 1.54) is 30.2 Å². The first-order valence-corrected chi connectivity index (χ1v) is 8.54. The minimum absolute atomic E-state index is 0.422. The lowest BCUT2D eigenvalue weighted by Crippen LogP contribution is -2.28. The van der Waals surface area contributed by atoms with E-state index in [0.29, 0.717) is 17.9 Å². The Labute approximate surface area is 136 Å². The molecule has 0 aromatic rings. The zero-order valence-electron chi connectivity index (χ0n) is 15.1. The molecule has 2 unspecified atom stereocenters. The van der Waals surface area contributed by atoms with Crippen molar-refractivity contribution in [2.45, 2.75) is 66.8 Å². The van der Waals surface area contributed by atoms with Crippen LogP contribution in [-0.2, 0) is 0 Å². The summed E-state index contributed by atoms with van der Waals surface area (Å²) < 4.78 is 0. The summed E-state index contributed by atoms with van der Waals surface area (Å²) in [6, 6.07) is 0.422. The van der Waals surface area contributed by atoms with Crippen LogP contribution in [0.4, 0.5) is 0 Å². The third-order valence-electron chi connectivity index (χ3n) is 4.92. The molecule has 0 radical (unpaired) electrons. The van der Waals surface area contributed by atoms with E-state index in [4.69, 9.17) is 10.4 Å². The maximum absolute atomic E-state index is 7.79. The van der Waals surface area contributed by atoms with Crippen LogP contribution in [0.5, 0.6) is 0 Å². The smallest absolute Gasteiger partial charge is 0.0665 e. The molecule has 3 atom stereocenters. The summed E-state index contributed by atoms with van der Waals surface area (Å²) in [5.74, 6) is 1.22. The molecule has 0 aromatic heterocycles. The third kappa shape index (κ3) is 5.08. The van der Waals surface area contributed by atoms with Crippen molar-refractivity contribution in [3.63, 3.8) is 0 Å². The standard InChI is InChI=1S/C20H32N2/c1-7-14(3)11-18(13-21)20(12-17(6)15(4)8-2)22-19-10-9-16(19)5/h7,11-13,15-16,19,21H,8-10H2,1-6H3/b14-7-,17-12+,18-11+,21-13?,22-20?/t15-,16?,19?/m1/s1. The number of rotatable bonds is 7. The molecule has 0 bridgehead atoms. The lowest BCUT2D eigenvalue weighted by molar-refractivity contribution is 0.284. The van der Waals surface area contributed by atoms with Crippen LogP contribution in [0.15, 0.2) is 39.9 Å². The van der Waals surface area contributed by atoms with Crippen LogP contribution in [0.25, 0.3) is 0 Å². The van der Waals surface area contributed by atoms with Crippen LogP contribution in [0, 0.1) is 17.2 Å². The molecule has 2 nitrogen and oxygen atoms in total. The first kappa shape index (κ1) is 18.6. The average molecular weight is 300 g/mol. The zero-order valence-corrected chi connectivity index (χ0v) is 15.1. The topological polar surface area (TPSA) is 36.2 Å². The second-order valence-electron chi connectivity index (χ2n) is 6.61. The summed E-state index contributed by atoms with van der Waals surface area (Å²) in [5, 5.41) is 7.79. The Morgan fingerprint density at radius 1 is 1.27 bits per heavy atom. The lowest BCUT2D eigenvalue weighted by Gasteiger charge is -2.31. The second kappa shape index (κ2) is 8.87. The van der Waals surface area contributed by atoms with Gasteiger partial charge >= 0.3 is 0 Å². The van der Waals surface area contributed by atoms with Crippen LogP contribution in [0.1, 0.15) is 60.8 Å². The molecular formula is C20H32N2. The molecule has 0 aromatic carbocycles. The van der Waals surface area contributed by atoms with Crippen LogP contribution in [-0.4, -0.2) is 18.0 Å². The molecule has 0 heterocycles. The van der Waals surface area contributed by atoms with E-state index >= 15 is 0 Å². The van der Waals surface area contributed by atoms with Crippen LogP contribution in [0.3, 0.4) is 0 Å². The molecular weight excluding hydrogens is 268 g/mol. The van der Waals surface area contributed by atoms with Gasteiger partial charge in [-0.25, -0.2) is 0 Å². The maximum Gasteiger partial charge on any atom is 0.0665 e. The summed E-state index contributed by atoms with van der Waals surface area (Å²) in [6.07, 6.45) is 11.3. The minimum atomic E-state index is 0.422. The summed E-state index contributed by atoms with van der Waals surface area (Å²) in [4.78, 5) is 4.97. The number of hydrogen-bond acceptors (Lipinski definition) is 2. The fourth-order valence-electron chi connectivity index (χ4n) is 2.41. The molecule has 1 aliphatic carbocycles. The van der Waals surface area contributed by atoms with Gasteiger partial charge in [-0.3, -0.25) is 4.99 Å². The van der Waals surface area contributed by atoms with Crippen LogP contribution >= 0.6 is 0 Å². The van der Waals surface area contributed by atoms with Crippen molar-refractivity contribution >= 4 is 11.9 Å². The molecule has 122 valence electrons. The van der Waals surface area contributed by atoms with Crippen molar-refractivity contribution in [2.75, 3.05) is 0 Å². The fourth-order valence-corrected chi connectivity index (χ4v) is 2.41. The van der Waals surface area contributed by atoms with Gasteiger partial charge in [0, 0.05) is 11.8 Å². The van der Waals surface area contributed by atoms with Crippen molar-refractivity contribution in [2.24, 2.45) is 16.8 Å². The highest BCUT2D eigenvalue weighted by Gasteiger charge is 2.26. The van der Waals surface area contributed by atoms with Gasteiger partial charge in [0.1, 0.15) is 0 Å². The normalized spacial score (nSPS) is 25.7. The Balaban J connectivity index is 3.21. The van der Waals surface area contributed by atoms with E-state index in [9.17, 15) is 0 Å². The first-order valence-electron chi connectivity index (χ1n) is 8.54. The van der Waals surface area contributed by atoms with E-state index < -0.39 is 0 Å². The van der Waals surface area contributed by atoms with E-state index in [1.807, 2.05) is 6.92 Å². The van der Waals surface area contributed by atoms with Crippen molar-refractivity contribution in [1.29, 1.82) is 5.41 Å². The SMILES string of the molecule is C/C=C(C)\C=C(/C=N)C(/C=C(\C)[C@H](C)CC)=NC1CCC1C. The highest BCUT2D eigenvalue weighted by Crippen LogP contribution is 2.30. The van der Waals surface area contributed by atoms with E-state index in [2.05, 4.69) is 52.8 Å². The number of nitrogens with zero attached hydrogens (tertiary/aromatic N) is 1. The Kier molecular flexibility index (Phi) is 7.50. The van der Waals surface area contributed by atoms with Gasteiger partial charge in [0.05, 0.1) is 11.8 Å². The fraction of sp³-hybridized carbons (Fsp3) is 0.600. The largest absolute Gasteiger partial charge is 0.308 e. The van der Waals surface area contributed by atoms with E-state index in [1.54, 1.807) is 0 Å². The Bertz CT molecular complexity index is 506. The van der Waals surface area contributed by atoms with Crippen molar-refractivity contribution in [1.82, 2.24) is 0 Å². The van der Waals surface area contributed by atoms with Gasteiger partial charge in [0.25, 0.3) is 0 Å². The molecule has 1 aliphatic rings. The zero-order chi connectivity index (χ0) is 16.7. The number of allylic oxidation sites excluding steroid dienone is 6. The van der Waals surface area contributed by atoms with Gasteiger partial charge in [-0.15, -0.1) is 0 Å². The average Bonchev–Trinajstić information content (AvgIpc) is 2.53. The third-order valence-corrected chi connectivity index (χ3v) is 4.92. The van der Waals surface area contributed by atoms with Crippen molar-refractivity contribution in [3.8, 4) is 0 Å². The summed E-state index contributed by atoms with van der Waals surface area (Å²) in [7, 11) is 0. The van der Waals surface area contributed by atoms with Crippen LogP contribution < -0.4 is 0 Å². The maximum atomic E-state index is 7.79. The van der Waals surface area contributed by atoms with Crippen molar-refractivity contribution < 1.29 is 0 Å². The van der Waals surface area contributed by atoms with E-state index in [0.717, 1.165) is 17.7 Å². The number of nitrogens with one attached hydrogen (secondary N) is 1. The highest BCUT2D eigenvalue weighted by atomic mass is 14.8. The minimum Gasteiger partial charge on any atom is -0.308 e. The molecule has 1 fully saturated rings. The quantitative estimate of drug-likeness (QED) is 0.458. The Morgan fingerprint density at radius 2 is 1.95 bits per heavy atom. The van der Waals surface area contributed by atoms with Crippen molar-refractivity contribution in [3.05, 3.63) is 34.9 Å². The first-order chi connectivity index (χ1) is 10.4. The van der Waals surface area contributed by atoms with Gasteiger partial charge in [0.2, 0.25) is 0 Å². The predicted octanol–water partition coefficient (Wildman–Crippen LogP) is 5.76. The van der Waals surface area contributed by atoms with Gasteiger partial charge in [-0.2, -0.15) is 0 Å². The summed E-state index contributed by atoms with van der Waals surface area (Å²) in [6.45, 7) is 13.0. The molecule has 0 spiro atoms. The summed E-state index contributed by atoms with van der Waals surface area (Å²) >= 11 is 0. The highest BCUT2D eigenvalue weighted by molar-refractivity contribution is 6.21. The number of hydrogen-bond donors (Lipinski definition) is 1. The molecule has 1 N–H and O–H groups in total. The van der Waals surface area contributed by atoms with Gasteiger partial charge < -0.3 is 5.41 Å². The molecule has 2 heteroatoms. The molecule has 0 amide bonds. The second-order valence-corrected chi connectivity index (χ2v) is 6.61. The lowest BCUT2D eigenvalue weighted by atomic mass is 9.81. The van der Waals surface area contributed by atoms with Gasteiger partial charge in [0.15, 0.2) is 0 Å². The molecule has 0 saturated heterocycles.